The zero-order valence-electron chi connectivity index (χ0n) is 12.2. The number of hydrogen-bond donors (Lipinski definition) is 3. The zero-order chi connectivity index (χ0) is 15.2. The number of primary sulfonamides is 1. The summed E-state index contributed by atoms with van der Waals surface area (Å²) in [5.41, 5.74) is 7.09. The third kappa shape index (κ3) is 5.02. The van der Waals surface area contributed by atoms with Crippen LogP contribution in [0.3, 0.4) is 0 Å². The number of rotatable bonds is 8. The van der Waals surface area contributed by atoms with Gasteiger partial charge in [-0.25, -0.2) is 13.6 Å². The van der Waals surface area contributed by atoms with E-state index in [1.165, 1.54) is 12.1 Å². The van der Waals surface area contributed by atoms with Gasteiger partial charge in [-0.05, 0) is 31.0 Å². The van der Waals surface area contributed by atoms with Gasteiger partial charge in [-0.1, -0.05) is 33.1 Å². The molecule has 0 heterocycles. The van der Waals surface area contributed by atoms with E-state index >= 15 is 0 Å². The first-order chi connectivity index (χ1) is 9.38. The fraction of sp³-hybridized carbons (Fsp3) is 0.571. The summed E-state index contributed by atoms with van der Waals surface area (Å²) in [6.45, 7) is 4.28. The average molecular weight is 299 g/mol. The van der Waals surface area contributed by atoms with Crippen molar-refractivity contribution in [2.24, 2.45) is 5.14 Å². The summed E-state index contributed by atoms with van der Waals surface area (Å²) >= 11 is 0. The van der Waals surface area contributed by atoms with Gasteiger partial charge in [0.15, 0.2) is 0 Å². The summed E-state index contributed by atoms with van der Waals surface area (Å²) in [6, 6.07) is 4.82. The highest BCUT2D eigenvalue weighted by molar-refractivity contribution is 7.89. The van der Waals surface area contributed by atoms with Crippen LogP contribution in [0.5, 0.6) is 0 Å². The molecule has 5 nitrogen and oxygen atoms in total. The van der Waals surface area contributed by atoms with E-state index in [1.54, 1.807) is 6.07 Å². The second-order valence-corrected chi connectivity index (χ2v) is 6.63. The molecule has 1 aromatic rings. The number of benzene rings is 1. The van der Waals surface area contributed by atoms with Gasteiger partial charge in [0.1, 0.15) is 0 Å². The van der Waals surface area contributed by atoms with Crippen LogP contribution in [-0.2, 0) is 10.0 Å². The molecule has 0 radical (unpaired) electrons. The van der Waals surface area contributed by atoms with E-state index in [2.05, 4.69) is 19.2 Å². The van der Waals surface area contributed by atoms with Crippen molar-refractivity contribution in [3.63, 3.8) is 0 Å². The Kier molecular flexibility index (Phi) is 6.29. The van der Waals surface area contributed by atoms with Gasteiger partial charge < -0.3 is 11.1 Å². The highest BCUT2D eigenvalue weighted by atomic mass is 32.2. The Morgan fingerprint density at radius 2 is 1.90 bits per heavy atom. The van der Waals surface area contributed by atoms with Crippen LogP contribution < -0.4 is 16.2 Å². The average Bonchev–Trinajstić information content (AvgIpc) is 2.37. The lowest BCUT2D eigenvalue weighted by Gasteiger charge is -2.20. The number of anilines is 2. The van der Waals surface area contributed by atoms with Crippen LogP contribution >= 0.6 is 0 Å². The lowest BCUT2D eigenvalue weighted by molar-refractivity contribution is 0.564. The first kappa shape index (κ1) is 16.8. The highest BCUT2D eigenvalue weighted by Gasteiger charge is 2.13. The monoisotopic (exact) mass is 299 g/mol. The number of unbranched alkanes of at least 4 members (excludes halogenated alkanes) is 1. The predicted octanol–water partition coefficient (Wildman–Crippen LogP) is 2.69. The van der Waals surface area contributed by atoms with Crippen molar-refractivity contribution in [1.29, 1.82) is 0 Å². The van der Waals surface area contributed by atoms with Crippen LogP contribution in [-0.4, -0.2) is 14.5 Å². The van der Waals surface area contributed by atoms with Gasteiger partial charge >= 0.3 is 0 Å². The first-order valence-corrected chi connectivity index (χ1v) is 8.62. The molecule has 0 saturated heterocycles. The lowest BCUT2D eigenvalue weighted by atomic mass is 10.0. The first-order valence-electron chi connectivity index (χ1n) is 7.07. The van der Waals surface area contributed by atoms with Crippen molar-refractivity contribution in [3.8, 4) is 0 Å². The molecule has 1 aromatic carbocycles. The summed E-state index contributed by atoms with van der Waals surface area (Å²) in [5.74, 6) is 0. The van der Waals surface area contributed by atoms with Crippen LogP contribution in [0.4, 0.5) is 11.4 Å². The summed E-state index contributed by atoms with van der Waals surface area (Å²) in [4.78, 5) is 0.0833. The molecular weight excluding hydrogens is 274 g/mol. The van der Waals surface area contributed by atoms with Crippen LogP contribution in [0.15, 0.2) is 23.1 Å². The van der Waals surface area contributed by atoms with E-state index in [-0.39, 0.29) is 4.90 Å². The Morgan fingerprint density at radius 3 is 2.45 bits per heavy atom. The van der Waals surface area contributed by atoms with Crippen LogP contribution in [0.1, 0.15) is 46.0 Å². The van der Waals surface area contributed by atoms with Crippen LogP contribution in [0, 0.1) is 0 Å². The van der Waals surface area contributed by atoms with E-state index in [4.69, 9.17) is 10.9 Å². The molecule has 0 aliphatic rings. The summed E-state index contributed by atoms with van der Waals surface area (Å²) < 4.78 is 22.8. The Hall–Kier alpha value is -1.27. The Bertz CT molecular complexity index is 529. The molecule has 0 aliphatic heterocycles. The van der Waals surface area contributed by atoms with Gasteiger partial charge in [-0.3, -0.25) is 0 Å². The van der Waals surface area contributed by atoms with Crippen molar-refractivity contribution in [2.75, 3.05) is 11.1 Å². The second kappa shape index (κ2) is 7.50. The molecule has 0 aliphatic carbocycles. The van der Waals surface area contributed by atoms with Crippen LogP contribution in [0.25, 0.3) is 0 Å². The maximum Gasteiger partial charge on any atom is 0.238 e. The Morgan fingerprint density at radius 1 is 1.20 bits per heavy atom. The summed E-state index contributed by atoms with van der Waals surface area (Å²) in [7, 11) is -3.70. The maximum atomic E-state index is 11.4. The second-order valence-electron chi connectivity index (χ2n) is 5.07. The molecule has 6 heteroatoms. The summed E-state index contributed by atoms with van der Waals surface area (Å²) in [5, 5.41) is 8.50. The third-order valence-electron chi connectivity index (χ3n) is 3.26. The van der Waals surface area contributed by atoms with Gasteiger partial charge in [0.05, 0.1) is 16.3 Å². The number of nitrogens with two attached hydrogens (primary N) is 2. The molecule has 20 heavy (non-hydrogen) atoms. The van der Waals surface area contributed by atoms with Gasteiger partial charge in [-0.15, -0.1) is 0 Å². The molecule has 1 atom stereocenters. The van der Waals surface area contributed by atoms with Crippen molar-refractivity contribution >= 4 is 21.4 Å². The minimum atomic E-state index is -3.70. The fourth-order valence-corrected chi connectivity index (χ4v) is 2.68. The minimum Gasteiger partial charge on any atom is -0.397 e. The molecule has 0 bridgehead atoms. The quantitative estimate of drug-likeness (QED) is 0.643. The van der Waals surface area contributed by atoms with Crippen molar-refractivity contribution in [1.82, 2.24) is 0 Å². The van der Waals surface area contributed by atoms with E-state index in [0.29, 0.717) is 17.4 Å². The zero-order valence-corrected chi connectivity index (χ0v) is 13.0. The molecule has 0 spiro atoms. The van der Waals surface area contributed by atoms with Gasteiger partial charge in [0.2, 0.25) is 10.0 Å². The lowest BCUT2D eigenvalue weighted by Crippen LogP contribution is -2.20. The fourth-order valence-electron chi connectivity index (χ4n) is 2.14. The third-order valence-corrected chi connectivity index (χ3v) is 4.17. The van der Waals surface area contributed by atoms with Gasteiger partial charge in [-0.2, -0.15) is 0 Å². The maximum absolute atomic E-state index is 11.4. The van der Waals surface area contributed by atoms with E-state index in [9.17, 15) is 8.42 Å². The number of hydrogen-bond acceptors (Lipinski definition) is 4. The van der Waals surface area contributed by atoms with Gasteiger partial charge in [0.25, 0.3) is 0 Å². The molecule has 0 fully saturated rings. The molecule has 114 valence electrons. The standard InChI is InChI=1S/C14H25N3O2S/c1-3-5-7-11(6-4-2)17-14-10-12(20(16,18)19)8-9-13(14)15/h8-11,17H,3-7,15H2,1-2H3,(H2,16,18,19). The van der Waals surface area contributed by atoms with Crippen molar-refractivity contribution in [2.45, 2.75) is 56.9 Å². The largest absolute Gasteiger partial charge is 0.397 e. The normalized spacial score (nSPS) is 13.2. The Labute approximate surface area is 121 Å². The van der Waals surface area contributed by atoms with Gasteiger partial charge in [0, 0.05) is 6.04 Å². The SMILES string of the molecule is CCCCC(CCC)Nc1cc(S(N)(=O)=O)ccc1N. The molecule has 1 unspecified atom stereocenters. The minimum absolute atomic E-state index is 0.0833. The van der Waals surface area contributed by atoms with E-state index < -0.39 is 10.0 Å². The molecular formula is C14H25N3O2S. The number of nitrogens with one attached hydrogen (secondary N) is 1. The number of sulfonamides is 1. The Balaban J connectivity index is 2.93. The highest BCUT2D eigenvalue weighted by Crippen LogP contribution is 2.24. The predicted molar refractivity (Wildman–Crippen MR) is 84.1 cm³/mol. The van der Waals surface area contributed by atoms with E-state index in [0.717, 1.165) is 32.1 Å². The van der Waals surface area contributed by atoms with Crippen LogP contribution in [0.2, 0.25) is 0 Å². The smallest absolute Gasteiger partial charge is 0.238 e. The molecule has 5 N–H and O–H groups in total. The van der Waals surface area contributed by atoms with E-state index in [1.807, 2.05) is 0 Å². The molecule has 1 rings (SSSR count). The molecule has 0 saturated carbocycles. The molecule has 0 amide bonds. The number of nitrogen functional groups attached to an aromatic ring is 1. The molecule has 0 aromatic heterocycles. The summed E-state index contributed by atoms with van der Waals surface area (Å²) in [6.07, 6.45) is 5.40. The van der Waals surface area contributed by atoms with Crippen molar-refractivity contribution < 1.29 is 8.42 Å². The topological polar surface area (TPSA) is 98.2 Å². The van der Waals surface area contributed by atoms with Crippen molar-refractivity contribution in [3.05, 3.63) is 18.2 Å².